The van der Waals surface area contributed by atoms with Gasteiger partial charge in [-0.3, -0.25) is 18.9 Å². The van der Waals surface area contributed by atoms with Crippen molar-refractivity contribution in [3.63, 3.8) is 0 Å². The molecule has 0 radical (unpaired) electrons. The molecular formula is C20H26ClN7O10P+. The van der Waals surface area contributed by atoms with Gasteiger partial charge in [0.2, 0.25) is 5.28 Å². The van der Waals surface area contributed by atoms with E-state index in [-0.39, 0.29) is 30.7 Å². The van der Waals surface area contributed by atoms with Crippen molar-refractivity contribution in [2.24, 2.45) is 0 Å². The molecule has 2 fully saturated rings. The van der Waals surface area contributed by atoms with Crippen LogP contribution in [0.1, 0.15) is 30.9 Å². The summed E-state index contributed by atoms with van der Waals surface area (Å²) in [5, 5.41) is 28.7. The van der Waals surface area contributed by atoms with Crippen LogP contribution in [-0.2, 0) is 18.6 Å². The van der Waals surface area contributed by atoms with E-state index in [0.717, 1.165) is 4.57 Å². The minimum absolute atomic E-state index is 0.0176. The average molecular weight is 591 g/mol. The Kier molecular flexibility index (Phi) is 9.05. The number of aromatic amines is 1. The number of hydrogen-bond donors (Lipinski definition) is 6. The second kappa shape index (κ2) is 12.1. The van der Waals surface area contributed by atoms with Crippen molar-refractivity contribution in [3.8, 4) is 0 Å². The predicted molar refractivity (Wildman–Crippen MR) is 133 cm³/mol. The number of aliphatic hydroxyl groups excluding tert-OH is 3. The molecule has 3 aromatic heterocycles. The maximum absolute atomic E-state index is 11.7. The van der Waals surface area contributed by atoms with Crippen molar-refractivity contribution in [2.45, 2.75) is 56.6 Å². The minimum Gasteiger partial charge on any atom is -0.394 e. The van der Waals surface area contributed by atoms with Gasteiger partial charge in [0.25, 0.3) is 5.56 Å². The molecule has 5 rings (SSSR count). The van der Waals surface area contributed by atoms with E-state index in [0.29, 0.717) is 23.1 Å². The molecule has 212 valence electrons. The summed E-state index contributed by atoms with van der Waals surface area (Å²) in [6.07, 6.45) is -1.10. The SMILES string of the molecule is Cc1cn([C@@H]2O[C@H](CO[P+](=O)O)C[C@H]2O)c(=O)[nH]c1=O.Nc1nc(Cl)nc2c1ncn2[C@H]1C[C@H](O)[C@@H](CO)O1. The molecule has 39 heavy (non-hydrogen) atoms. The maximum Gasteiger partial charge on any atom is 0.694 e. The highest BCUT2D eigenvalue weighted by Gasteiger charge is 2.38. The fraction of sp³-hybridized carbons (Fsp3) is 0.550. The Labute approximate surface area is 224 Å². The molecule has 0 spiro atoms. The number of hydrogen-bond acceptors (Lipinski definition) is 13. The lowest BCUT2D eigenvalue weighted by Crippen LogP contribution is -2.36. The summed E-state index contributed by atoms with van der Waals surface area (Å²) < 4.78 is 28.6. The number of aliphatic hydroxyl groups is 3. The first-order chi connectivity index (χ1) is 18.5. The van der Waals surface area contributed by atoms with Gasteiger partial charge in [0, 0.05) is 29.2 Å². The number of fused-ring (bicyclic) bond motifs is 1. The zero-order valence-corrected chi connectivity index (χ0v) is 22.0. The number of aryl methyl sites for hydroxylation is 1. The molecule has 2 saturated heterocycles. The van der Waals surface area contributed by atoms with Crippen molar-refractivity contribution in [3.05, 3.63) is 44.2 Å². The number of rotatable bonds is 6. The summed E-state index contributed by atoms with van der Waals surface area (Å²) in [7, 11) is -2.74. The molecule has 7 atom stereocenters. The van der Waals surface area contributed by atoms with Crippen LogP contribution < -0.4 is 17.0 Å². The lowest BCUT2D eigenvalue weighted by Gasteiger charge is -2.17. The van der Waals surface area contributed by atoms with E-state index in [9.17, 15) is 24.4 Å². The summed E-state index contributed by atoms with van der Waals surface area (Å²) in [5.41, 5.74) is 5.68. The van der Waals surface area contributed by atoms with Crippen LogP contribution in [-0.4, -0.2) is 86.9 Å². The van der Waals surface area contributed by atoms with Crippen LogP contribution in [0.3, 0.4) is 0 Å². The van der Waals surface area contributed by atoms with Crippen molar-refractivity contribution in [2.75, 3.05) is 18.9 Å². The Bertz CT molecular complexity index is 1460. The number of ether oxygens (including phenoxy) is 2. The zero-order chi connectivity index (χ0) is 28.4. The molecule has 0 amide bonds. The first-order valence-electron chi connectivity index (χ1n) is 11.5. The van der Waals surface area contributed by atoms with Gasteiger partial charge in [0.15, 0.2) is 17.7 Å². The number of aromatic nitrogens is 6. The topological polar surface area (TPSA) is 250 Å². The van der Waals surface area contributed by atoms with Crippen LogP contribution in [0.15, 0.2) is 22.1 Å². The van der Waals surface area contributed by atoms with Crippen molar-refractivity contribution in [1.82, 2.24) is 29.1 Å². The Morgan fingerprint density at radius 3 is 2.64 bits per heavy atom. The highest BCUT2D eigenvalue weighted by Crippen LogP contribution is 2.32. The van der Waals surface area contributed by atoms with Crippen LogP contribution in [0.2, 0.25) is 5.28 Å². The predicted octanol–water partition coefficient (Wildman–Crippen LogP) is -1.14. The molecule has 3 aromatic rings. The summed E-state index contributed by atoms with van der Waals surface area (Å²) in [6, 6.07) is 0. The van der Waals surface area contributed by atoms with Crippen LogP contribution in [0.25, 0.3) is 11.2 Å². The number of nitrogens with zero attached hydrogens (tertiary/aromatic N) is 5. The summed E-state index contributed by atoms with van der Waals surface area (Å²) in [5.74, 6) is 0.186. The van der Waals surface area contributed by atoms with E-state index >= 15 is 0 Å². The van der Waals surface area contributed by atoms with Gasteiger partial charge in [-0.1, -0.05) is 0 Å². The van der Waals surface area contributed by atoms with Gasteiger partial charge >= 0.3 is 13.9 Å². The first kappa shape index (κ1) is 29.1. The maximum atomic E-state index is 11.7. The van der Waals surface area contributed by atoms with Gasteiger partial charge in [-0.25, -0.2) is 9.78 Å². The third-order valence-electron chi connectivity index (χ3n) is 6.07. The molecule has 17 nitrogen and oxygen atoms in total. The largest absolute Gasteiger partial charge is 0.694 e. The molecule has 5 heterocycles. The normalized spacial score (nSPS) is 27.0. The minimum atomic E-state index is -2.74. The second-order valence-corrected chi connectivity index (χ2v) is 9.85. The number of nitrogens with one attached hydrogen (secondary N) is 1. The fourth-order valence-corrected chi connectivity index (χ4v) is 4.65. The third-order valence-corrected chi connectivity index (χ3v) is 6.61. The lowest BCUT2D eigenvalue weighted by molar-refractivity contribution is -0.0505. The molecule has 0 bridgehead atoms. The number of imidazole rings is 1. The molecular weight excluding hydrogens is 565 g/mol. The smallest absolute Gasteiger partial charge is 0.394 e. The summed E-state index contributed by atoms with van der Waals surface area (Å²) in [6.45, 7) is 1.10. The van der Waals surface area contributed by atoms with Gasteiger partial charge in [0.05, 0.1) is 25.1 Å². The lowest BCUT2D eigenvalue weighted by atomic mass is 10.2. The standard InChI is InChI=1S/C10H12ClN5O3.C10H13N2O7P/c11-10-14-8(12)7-9(15-10)16(3-13-7)6-1-4(18)5(2-17)19-6;1-5-3-12(10(15)11-8(5)14)9-7(13)2-6(19-9)4-18-20(16)17/h3-6,17-18H,1-2H2,(H2,12,14,15);3,6-7,9,13H,2,4H2,1H3,(H-,11,14,15,16,17)/p+1/t4-,5+,6+;6-,7+,9+/m00/s1. The van der Waals surface area contributed by atoms with Gasteiger partial charge in [0.1, 0.15) is 30.6 Å². The van der Waals surface area contributed by atoms with Crippen molar-refractivity contribution in [1.29, 1.82) is 0 Å². The van der Waals surface area contributed by atoms with Gasteiger partial charge in [-0.05, 0) is 18.5 Å². The summed E-state index contributed by atoms with van der Waals surface area (Å²) in [4.78, 5) is 45.6. The van der Waals surface area contributed by atoms with E-state index < -0.39 is 56.4 Å². The van der Waals surface area contributed by atoms with Gasteiger partial charge < -0.3 is 30.5 Å². The number of anilines is 1. The molecule has 2 aliphatic rings. The van der Waals surface area contributed by atoms with Crippen LogP contribution in [0.5, 0.6) is 0 Å². The van der Waals surface area contributed by atoms with E-state index in [4.69, 9.17) is 36.8 Å². The van der Waals surface area contributed by atoms with Crippen LogP contribution >= 0.6 is 19.9 Å². The number of nitrogens with two attached hydrogens (primary N) is 1. The van der Waals surface area contributed by atoms with Crippen molar-refractivity contribution >= 4 is 36.8 Å². The number of H-pyrrole nitrogens is 1. The Balaban J connectivity index is 0.000000181. The summed E-state index contributed by atoms with van der Waals surface area (Å²) >= 11 is 5.77. The van der Waals surface area contributed by atoms with E-state index in [1.165, 1.54) is 19.4 Å². The molecule has 1 unspecified atom stereocenters. The highest BCUT2D eigenvalue weighted by atomic mass is 35.5. The van der Waals surface area contributed by atoms with Gasteiger partial charge in [-0.2, -0.15) is 9.97 Å². The quantitative estimate of drug-likeness (QED) is 0.147. The molecule has 0 saturated carbocycles. The fourth-order valence-electron chi connectivity index (χ4n) is 4.18. The van der Waals surface area contributed by atoms with Gasteiger partial charge in [-0.15, -0.1) is 9.42 Å². The second-order valence-electron chi connectivity index (χ2n) is 8.78. The Hall–Kier alpha value is -2.86. The first-order valence-corrected chi connectivity index (χ1v) is 13.0. The van der Waals surface area contributed by atoms with E-state index in [2.05, 4.69) is 24.5 Å². The molecule has 19 heteroatoms. The number of halogens is 1. The van der Waals surface area contributed by atoms with Crippen LogP contribution in [0, 0.1) is 6.92 Å². The van der Waals surface area contributed by atoms with E-state index in [1.54, 1.807) is 4.57 Å². The molecule has 7 N–H and O–H groups in total. The molecule has 0 aliphatic carbocycles. The number of nitrogen functional groups attached to an aromatic ring is 1. The zero-order valence-electron chi connectivity index (χ0n) is 20.3. The Morgan fingerprint density at radius 1 is 1.23 bits per heavy atom. The monoisotopic (exact) mass is 590 g/mol. The molecule has 0 aromatic carbocycles. The third kappa shape index (κ3) is 6.49. The average Bonchev–Trinajstić information content (AvgIpc) is 3.56. The van der Waals surface area contributed by atoms with Crippen LogP contribution in [0.4, 0.5) is 5.82 Å². The highest BCUT2D eigenvalue weighted by molar-refractivity contribution is 7.32. The van der Waals surface area contributed by atoms with Crippen molar-refractivity contribution < 1.29 is 38.8 Å². The molecule has 2 aliphatic heterocycles. The Morgan fingerprint density at radius 2 is 1.97 bits per heavy atom. The van der Waals surface area contributed by atoms with E-state index in [1.807, 2.05) is 0 Å².